The Kier molecular flexibility index (Phi) is 5.48. The summed E-state index contributed by atoms with van der Waals surface area (Å²) in [4.78, 5) is 0. The van der Waals surface area contributed by atoms with Gasteiger partial charge < -0.3 is 4.74 Å². The number of hydrogen-bond donors (Lipinski definition) is 0. The molecule has 1 nitrogen and oxygen atoms in total. The zero-order chi connectivity index (χ0) is 15.5. The van der Waals surface area contributed by atoms with Gasteiger partial charge in [-0.1, -0.05) is 35.5 Å². The van der Waals surface area contributed by atoms with E-state index in [-0.39, 0.29) is 5.60 Å². The lowest BCUT2D eigenvalue weighted by Gasteiger charge is -2.17. The number of fused-ring (bicyclic) bond motifs is 1. The lowest BCUT2D eigenvalue weighted by molar-refractivity contribution is 0.289. The molecule has 2 aliphatic rings. The molecule has 3 atom stereocenters. The van der Waals surface area contributed by atoms with Crippen molar-refractivity contribution in [2.45, 2.75) is 84.3 Å². The standard InChI is InChI=1S/C20H32O/c1-15(2)18-12-11-17(4)9-6-8-16(3)10-7-13-20(5)19(14-18)21-20/h9-10,18-19H,1,6-8,11-14H2,2-5H3/b16-10+,17-9+/t18-,19-,20-/m1/s1. The fourth-order valence-corrected chi connectivity index (χ4v) is 3.39. The van der Waals surface area contributed by atoms with Crippen LogP contribution in [0, 0.1) is 5.92 Å². The molecule has 2 rings (SSSR count). The lowest BCUT2D eigenvalue weighted by Crippen LogP contribution is -2.14. The summed E-state index contributed by atoms with van der Waals surface area (Å²) in [5.74, 6) is 0.611. The third kappa shape index (κ3) is 4.85. The number of ether oxygens (including phenoxy) is 1. The van der Waals surface area contributed by atoms with Crippen LogP contribution in [-0.4, -0.2) is 11.7 Å². The molecule has 1 heterocycles. The van der Waals surface area contributed by atoms with E-state index in [1.807, 2.05) is 0 Å². The molecule has 1 aliphatic carbocycles. The van der Waals surface area contributed by atoms with Gasteiger partial charge in [0.2, 0.25) is 0 Å². The van der Waals surface area contributed by atoms with Gasteiger partial charge in [-0.05, 0) is 78.6 Å². The molecular weight excluding hydrogens is 256 g/mol. The predicted octanol–water partition coefficient (Wildman–Crippen LogP) is 5.97. The fourth-order valence-electron chi connectivity index (χ4n) is 3.39. The summed E-state index contributed by atoms with van der Waals surface area (Å²) in [6.07, 6.45) is 13.6. The largest absolute Gasteiger partial charge is 0.366 e. The number of rotatable bonds is 1. The van der Waals surface area contributed by atoms with Crippen molar-refractivity contribution in [2.24, 2.45) is 5.92 Å². The fraction of sp³-hybridized carbons (Fsp3) is 0.700. The van der Waals surface area contributed by atoms with Crippen molar-refractivity contribution < 1.29 is 4.74 Å². The van der Waals surface area contributed by atoms with Crippen molar-refractivity contribution in [3.05, 3.63) is 35.5 Å². The van der Waals surface area contributed by atoms with Crippen molar-refractivity contribution in [3.8, 4) is 0 Å². The van der Waals surface area contributed by atoms with Crippen molar-refractivity contribution in [1.82, 2.24) is 0 Å². The molecule has 0 aromatic carbocycles. The molecule has 0 radical (unpaired) electrons. The van der Waals surface area contributed by atoms with Gasteiger partial charge >= 0.3 is 0 Å². The second-order valence-electron chi connectivity index (χ2n) is 7.42. The van der Waals surface area contributed by atoms with Crippen molar-refractivity contribution >= 4 is 0 Å². The van der Waals surface area contributed by atoms with Gasteiger partial charge in [-0.15, -0.1) is 0 Å². The van der Waals surface area contributed by atoms with E-state index in [1.165, 1.54) is 42.4 Å². The second-order valence-corrected chi connectivity index (χ2v) is 7.42. The zero-order valence-corrected chi connectivity index (χ0v) is 14.4. The second kappa shape index (κ2) is 6.96. The highest BCUT2D eigenvalue weighted by atomic mass is 16.6. The topological polar surface area (TPSA) is 12.5 Å². The maximum absolute atomic E-state index is 6.04. The first-order valence-corrected chi connectivity index (χ1v) is 8.55. The summed E-state index contributed by atoms with van der Waals surface area (Å²) in [7, 11) is 0. The Morgan fingerprint density at radius 3 is 2.57 bits per heavy atom. The summed E-state index contributed by atoms with van der Waals surface area (Å²) in [6, 6.07) is 0. The van der Waals surface area contributed by atoms with Crippen LogP contribution < -0.4 is 0 Å². The average Bonchev–Trinajstić information content (AvgIpc) is 3.03. The highest BCUT2D eigenvalue weighted by Gasteiger charge is 2.51. The van der Waals surface area contributed by atoms with Crippen LogP contribution in [0.25, 0.3) is 0 Å². The van der Waals surface area contributed by atoms with Gasteiger partial charge in [-0.25, -0.2) is 0 Å². The third-order valence-corrected chi connectivity index (χ3v) is 5.28. The summed E-state index contributed by atoms with van der Waals surface area (Å²) < 4.78 is 6.04. The van der Waals surface area contributed by atoms with Gasteiger partial charge in [0.05, 0.1) is 11.7 Å². The van der Waals surface area contributed by atoms with Gasteiger partial charge in [0.15, 0.2) is 0 Å². The van der Waals surface area contributed by atoms with Gasteiger partial charge in [0.25, 0.3) is 0 Å². The van der Waals surface area contributed by atoms with Crippen LogP contribution in [0.4, 0.5) is 0 Å². The van der Waals surface area contributed by atoms with Crippen LogP contribution in [-0.2, 0) is 4.74 Å². The van der Waals surface area contributed by atoms with Gasteiger partial charge in [-0.3, -0.25) is 0 Å². The zero-order valence-electron chi connectivity index (χ0n) is 14.4. The first kappa shape index (κ1) is 16.5. The van der Waals surface area contributed by atoms with Crippen LogP contribution >= 0.6 is 0 Å². The molecule has 1 aliphatic heterocycles. The van der Waals surface area contributed by atoms with Crippen LogP contribution in [0.3, 0.4) is 0 Å². The van der Waals surface area contributed by atoms with E-state index in [1.54, 1.807) is 0 Å². The molecule has 1 fully saturated rings. The Bertz CT molecular complexity index is 443. The summed E-state index contributed by atoms with van der Waals surface area (Å²) in [5.41, 5.74) is 4.50. The molecule has 0 aromatic rings. The minimum Gasteiger partial charge on any atom is -0.366 e. The number of hydrogen-bond acceptors (Lipinski definition) is 1. The molecule has 21 heavy (non-hydrogen) atoms. The van der Waals surface area contributed by atoms with Crippen LogP contribution in [0.15, 0.2) is 35.5 Å². The minimum atomic E-state index is 0.124. The number of epoxide rings is 1. The first-order valence-electron chi connectivity index (χ1n) is 8.55. The van der Waals surface area contributed by atoms with Gasteiger partial charge in [0, 0.05) is 0 Å². The first-order chi connectivity index (χ1) is 9.90. The molecule has 0 unspecified atom stereocenters. The van der Waals surface area contributed by atoms with Gasteiger partial charge in [0.1, 0.15) is 0 Å². The normalized spacial score (nSPS) is 40.0. The molecule has 1 heteroatoms. The SMILES string of the molecule is C=C(C)[C@@H]1CC/C(C)=C/CC/C(C)=C/CC[C@@]2(C)O[C@@H]2C1. The molecule has 0 amide bonds. The smallest absolute Gasteiger partial charge is 0.0923 e. The lowest BCUT2D eigenvalue weighted by atomic mass is 9.86. The summed E-state index contributed by atoms with van der Waals surface area (Å²) >= 11 is 0. The molecule has 0 N–H and O–H groups in total. The Labute approximate surface area is 131 Å². The third-order valence-electron chi connectivity index (χ3n) is 5.28. The highest BCUT2D eigenvalue weighted by molar-refractivity contribution is 5.10. The maximum atomic E-state index is 6.04. The van der Waals surface area contributed by atoms with E-state index >= 15 is 0 Å². The van der Waals surface area contributed by atoms with Crippen LogP contribution in [0.2, 0.25) is 0 Å². The quantitative estimate of drug-likeness (QED) is 0.427. The molecule has 118 valence electrons. The van der Waals surface area contributed by atoms with E-state index in [9.17, 15) is 0 Å². The van der Waals surface area contributed by atoms with E-state index in [0.717, 1.165) is 19.3 Å². The molecule has 1 saturated heterocycles. The minimum absolute atomic E-state index is 0.124. The molecule has 0 aromatic heterocycles. The van der Waals surface area contributed by atoms with Crippen LogP contribution in [0.5, 0.6) is 0 Å². The predicted molar refractivity (Wildman–Crippen MR) is 91.4 cm³/mol. The molecular formula is C20H32O. The van der Waals surface area contributed by atoms with Crippen molar-refractivity contribution in [1.29, 1.82) is 0 Å². The molecule has 0 spiro atoms. The van der Waals surface area contributed by atoms with Crippen molar-refractivity contribution in [2.75, 3.05) is 0 Å². The summed E-state index contributed by atoms with van der Waals surface area (Å²) in [6.45, 7) is 13.2. The Morgan fingerprint density at radius 2 is 1.86 bits per heavy atom. The summed E-state index contributed by atoms with van der Waals surface area (Å²) in [5, 5.41) is 0. The monoisotopic (exact) mass is 288 g/mol. The average molecular weight is 288 g/mol. The van der Waals surface area contributed by atoms with Crippen LogP contribution in [0.1, 0.15) is 72.6 Å². The van der Waals surface area contributed by atoms with E-state index < -0.39 is 0 Å². The Morgan fingerprint density at radius 1 is 1.19 bits per heavy atom. The molecule has 0 saturated carbocycles. The number of allylic oxidation sites excluding steroid dienone is 5. The maximum Gasteiger partial charge on any atom is 0.0923 e. The van der Waals surface area contributed by atoms with E-state index in [4.69, 9.17) is 4.74 Å². The molecule has 0 bridgehead atoms. The highest BCUT2D eigenvalue weighted by Crippen LogP contribution is 2.45. The van der Waals surface area contributed by atoms with Gasteiger partial charge in [-0.2, -0.15) is 0 Å². The Hall–Kier alpha value is -0.820. The Balaban J connectivity index is 2.05. The van der Waals surface area contributed by atoms with E-state index in [0.29, 0.717) is 12.0 Å². The van der Waals surface area contributed by atoms with Crippen molar-refractivity contribution in [3.63, 3.8) is 0 Å². The van der Waals surface area contributed by atoms with E-state index in [2.05, 4.69) is 46.4 Å².